The van der Waals surface area contributed by atoms with Crippen LogP contribution in [0.4, 0.5) is 4.39 Å². The number of aliphatic imine (C=N–C) groups is 1. The van der Waals surface area contributed by atoms with Crippen LogP contribution >= 0.6 is 35.6 Å². The summed E-state index contributed by atoms with van der Waals surface area (Å²) in [5, 5.41) is 6.85. The summed E-state index contributed by atoms with van der Waals surface area (Å²) in [6.45, 7) is 3.03. The van der Waals surface area contributed by atoms with E-state index in [1.54, 1.807) is 19.2 Å². The third-order valence-electron chi connectivity index (χ3n) is 3.76. The van der Waals surface area contributed by atoms with Crippen molar-refractivity contribution in [3.63, 3.8) is 0 Å². The highest BCUT2D eigenvalue weighted by atomic mass is 127. The number of rotatable bonds is 9. The lowest BCUT2D eigenvalue weighted by atomic mass is 10.1. The molecule has 2 N–H and O–H groups in total. The Morgan fingerprint density at radius 1 is 1.33 bits per heavy atom. The van der Waals surface area contributed by atoms with Crippen LogP contribution in [0, 0.1) is 11.7 Å². The minimum absolute atomic E-state index is 0. The highest BCUT2D eigenvalue weighted by molar-refractivity contribution is 14.0. The van der Waals surface area contributed by atoms with E-state index in [1.165, 1.54) is 18.9 Å². The van der Waals surface area contributed by atoms with Crippen LogP contribution in [-0.2, 0) is 11.2 Å². The molecule has 1 fully saturated rings. The highest BCUT2D eigenvalue weighted by Gasteiger charge is 2.20. The van der Waals surface area contributed by atoms with Gasteiger partial charge in [-0.1, -0.05) is 17.7 Å². The predicted octanol–water partition coefficient (Wildman–Crippen LogP) is 3.62. The van der Waals surface area contributed by atoms with Crippen molar-refractivity contribution < 1.29 is 9.13 Å². The van der Waals surface area contributed by atoms with Gasteiger partial charge in [0.2, 0.25) is 0 Å². The van der Waals surface area contributed by atoms with Gasteiger partial charge in [-0.15, -0.1) is 24.0 Å². The van der Waals surface area contributed by atoms with Crippen LogP contribution in [0.2, 0.25) is 5.02 Å². The van der Waals surface area contributed by atoms with Gasteiger partial charge in [0.1, 0.15) is 5.82 Å². The maximum absolute atomic E-state index is 13.7. The number of benzene rings is 1. The van der Waals surface area contributed by atoms with Crippen LogP contribution in [0.15, 0.2) is 23.2 Å². The zero-order valence-corrected chi connectivity index (χ0v) is 17.1. The van der Waals surface area contributed by atoms with Crippen molar-refractivity contribution in [1.29, 1.82) is 0 Å². The molecule has 136 valence electrons. The van der Waals surface area contributed by atoms with Crippen molar-refractivity contribution in [2.45, 2.75) is 25.7 Å². The van der Waals surface area contributed by atoms with Gasteiger partial charge in [-0.05, 0) is 43.7 Å². The van der Waals surface area contributed by atoms with Crippen LogP contribution in [0.25, 0.3) is 0 Å². The van der Waals surface area contributed by atoms with E-state index >= 15 is 0 Å². The fourth-order valence-corrected chi connectivity index (χ4v) is 2.47. The van der Waals surface area contributed by atoms with Gasteiger partial charge < -0.3 is 15.4 Å². The van der Waals surface area contributed by atoms with E-state index in [0.717, 1.165) is 32.1 Å². The molecule has 4 nitrogen and oxygen atoms in total. The lowest BCUT2D eigenvalue weighted by Crippen LogP contribution is -2.39. The first-order chi connectivity index (χ1) is 11.2. The Kier molecular flexibility index (Phi) is 10.6. The Labute approximate surface area is 165 Å². The molecule has 0 heterocycles. The second-order valence-electron chi connectivity index (χ2n) is 5.75. The summed E-state index contributed by atoms with van der Waals surface area (Å²) in [6, 6.07) is 4.74. The molecule has 0 atom stereocenters. The smallest absolute Gasteiger partial charge is 0.190 e. The fourth-order valence-electron chi connectivity index (χ4n) is 2.21. The number of hydrogen-bond donors (Lipinski definition) is 2. The summed E-state index contributed by atoms with van der Waals surface area (Å²) in [4.78, 5) is 4.15. The molecule has 1 aromatic rings. The van der Waals surface area contributed by atoms with Crippen LogP contribution in [0.1, 0.15) is 24.8 Å². The first kappa shape index (κ1) is 21.4. The first-order valence-electron chi connectivity index (χ1n) is 8.16. The molecular weight excluding hydrogens is 444 g/mol. The third-order valence-corrected chi connectivity index (χ3v) is 4.12. The average Bonchev–Trinajstić information content (AvgIpc) is 3.35. The van der Waals surface area contributed by atoms with Crippen LogP contribution < -0.4 is 10.6 Å². The molecule has 0 amide bonds. The molecule has 0 aromatic heterocycles. The monoisotopic (exact) mass is 469 g/mol. The topological polar surface area (TPSA) is 45.7 Å². The van der Waals surface area contributed by atoms with Crippen molar-refractivity contribution in [3.05, 3.63) is 34.6 Å². The van der Waals surface area contributed by atoms with Gasteiger partial charge in [-0.25, -0.2) is 4.39 Å². The lowest BCUT2D eigenvalue weighted by molar-refractivity contribution is 0.123. The Hall–Kier alpha value is -0.600. The Morgan fingerprint density at radius 2 is 2.08 bits per heavy atom. The summed E-state index contributed by atoms with van der Waals surface area (Å²) in [7, 11) is 1.72. The van der Waals surface area contributed by atoms with Crippen molar-refractivity contribution in [2.24, 2.45) is 10.9 Å². The molecule has 0 radical (unpaired) electrons. The van der Waals surface area contributed by atoms with E-state index in [0.29, 0.717) is 29.5 Å². The van der Waals surface area contributed by atoms with Crippen molar-refractivity contribution in [1.82, 2.24) is 10.6 Å². The second kappa shape index (κ2) is 11.9. The molecular formula is C17H26ClFIN3O. The molecule has 0 unspecified atom stereocenters. The van der Waals surface area contributed by atoms with E-state index in [9.17, 15) is 4.39 Å². The Morgan fingerprint density at radius 3 is 2.75 bits per heavy atom. The van der Waals surface area contributed by atoms with Gasteiger partial charge in [0.05, 0.1) is 0 Å². The van der Waals surface area contributed by atoms with Gasteiger partial charge >= 0.3 is 0 Å². The molecule has 0 aliphatic heterocycles. The molecule has 1 aliphatic rings. The summed E-state index contributed by atoms with van der Waals surface area (Å²) in [5.41, 5.74) is 0.533. The van der Waals surface area contributed by atoms with Gasteiger partial charge in [0.25, 0.3) is 0 Å². The van der Waals surface area contributed by atoms with E-state index in [4.69, 9.17) is 16.3 Å². The molecule has 7 heteroatoms. The van der Waals surface area contributed by atoms with Crippen LogP contribution in [0.3, 0.4) is 0 Å². The second-order valence-corrected chi connectivity index (χ2v) is 6.16. The molecule has 1 aromatic carbocycles. The number of ether oxygens (including phenoxy) is 1. The summed E-state index contributed by atoms with van der Waals surface area (Å²) in [5.74, 6) is 1.25. The maximum Gasteiger partial charge on any atom is 0.190 e. The maximum atomic E-state index is 13.7. The van der Waals surface area contributed by atoms with E-state index in [2.05, 4.69) is 15.6 Å². The summed E-state index contributed by atoms with van der Waals surface area (Å²) in [6.07, 6.45) is 4.09. The normalized spacial score (nSPS) is 14.2. The molecule has 0 spiro atoms. The summed E-state index contributed by atoms with van der Waals surface area (Å²) < 4.78 is 19.2. The Bertz CT molecular complexity index is 506. The van der Waals surface area contributed by atoms with Crippen molar-refractivity contribution >= 4 is 41.5 Å². The van der Waals surface area contributed by atoms with Crippen LogP contribution in [-0.4, -0.2) is 39.3 Å². The van der Waals surface area contributed by atoms with Gasteiger partial charge in [0, 0.05) is 43.9 Å². The summed E-state index contributed by atoms with van der Waals surface area (Å²) >= 11 is 6.01. The molecule has 1 aliphatic carbocycles. The molecule has 0 saturated heterocycles. The van der Waals surface area contributed by atoms with Crippen molar-refractivity contribution in [2.75, 3.05) is 33.4 Å². The largest absolute Gasteiger partial charge is 0.381 e. The number of nitrogens with zero attached hydrogens (tertiary/aromatic N) is 1. The molecule has 2 rings (SSSR count). The van der Waals surface area contributed by atoms with E-state index < -0.39 is 0 Å². The van der Waals surface area contributed by atoms with Gasteiger partial charge in [-0.2, -0.15) is 0 Å². The SMILES string of the molecule is CN=C(NCCCOCC1CC1)NCCc1c(F)cccc1Cl.I. The lowest BCUT2D eigenvalue weighted by Gasteiger charge is -2.12. The average molecular weight is 470 g/mol. The highest BCUT2D eigenvalue weighted by Crippen LogP contribution is 2.28. The Balaban J connectivity index is 0.00000288. The first-order valence-corrected chi connectivity index (χ1v) is 8.53. The van der Waals surface area contributed by atoms with Gasteiger partial charge in [0.15, 0.2) is 5.96 Å². The van der Waals surface area contributed by atoms with Gasteiger partial charge in [-0.3, -0.25) is 4.99 Å². The fraction of sp³-hybridized carbons (Fsp3) is 0.588. The number of nitrogens with one attached hydrogen (secondary N) is 2. The zero-order chi connectivity index (χ0) is 16.5. The van der Waals surface area contributed by atoms with Crippen LogP contribution in [0.5, 0.6) is 0 Å². The molecule has 1 saturated carbocycles. The number of hydrogen-bond acceptors (Lipinski definition) is 2. The minimum Gasteiger partial charge on any atom is -0.381 e. The quantitative estimate of drug-likeness (QED) is 0.251. The third kappa shape index (κ3) is 7.98. The van der Waals surface area contributed by atoms with E-state index in [-0.39, 0.29) is 29.8 Å². The zero-order valence-electron chi connectivity index (χ0n) is 14.0. The molecule has 24 heavy (non-hydrogen) atoms. The number of halogens is 3. The standard InChI is InChI=1S/C17H25ClFN3O.HI/c1-20-17(21-9-3-11-23-12-13-6-7-13)22-10-8-14-15(18)4-2-5-16(14)19;/h2,4-5,13H,3,6-12H2,1H3,(H2,20,21,22);1H. The van der Waals surface area contributed by atoms with E-state index in [1.807, 2.05) is 0 Å². The predicted molar refractivity (Wildman–Crippen MR) is 108 cm³/mol. The molecule has 0 bridgehead atoms. The van der Waals surface area contributed by atoms with Crippen molar-refractivity contribution in [3.8, 4) is 0 Å². The number of guanidine groups is 1. The minimum atomic E-state index is -0.268.